The number of alkyl halides is 3. The van der Waals surface area contributed by atoms with Crippen LogP contribution < -0.4 is 10.6 Å². The van der Waals surface area contributed by atoms with Gasteiger partial charge in [0.15, 0.2) is 0 Å². The molecule has 2 aromatic heterocycles. The van der Waals surface area contributed by atoms with Crippen molar-refractivity contribution in [3.8, 4) is 0 Å². The van der Waals surface area contributed by atoms with Crippen LogP contribution in [0.2, 0.25) is 0 Å². The van der Waals surface area contributed by atoms with Gasteiger partial charge >= 0.3 is 6.18 Å². The summed E-state index contributed by atoms with van der Waals surface area (Å²) in [4.78, 5) is 35.1. The first-order valence-electron chi connectivity index (χ1n) is 9.33. The number of aryl methyl sites for hydroxylation is 1. The Morgan fingerprint density at radius 2 is 2.00 bits per heavy atom. The van der Waals surface area contributed by atoms with Crippen molar-refractivity contribution >= 4 is 40.1 Å². The third-order valence-electron chi connectivity index (χ3n) is 5.28. The second-order valence-electron chi connectivity index (χ2n) is 7.24. The minimum Gasteiger partial charge on any atom is -0.339 e. The van der Waals surface area contributed by atoms with Crippen molar-refractivity contribution in [2.24, 2.45) is 11.0 Å². The Labute approximate surface area is 174 Å². The van der Waals surface area contributed by atoms with E-state index in [1.54, 1.807) is 19.9 Å². The van der Waals surface area contributed by atoms with E-state index in [2.05, 4.69) is 21.8 Å². The summed E-state index contributed by atoms with van der Waals surface area (Å²) in [6.45, 7) is 8.62. The van der Waals surface area contributed by atoms with E-state index >= 15 is 0 Å². The third-order valence-corrected chi connectivity index (χ3v) is 6.23. The first-order chi connectivity index (χ1) is 14.0. The smallest absolute Gasteiger partial charge is 0.339 e. The highest BCUT2D eigenvalue weighted by molar-refractivity contribution is 7.18. The average Bonchev–Trinajstić information content (AvgIpc) is 3.07. The van der Waals surface area contributed by atoms with Gasteiger partial charge in [0.1, 0.15) is 4.83 Å². The molecule has 0 aliphatic carbocycles. The van der Waals surface area contributed by atoms with Gasteiger partial charge in [-0.25, -0.2) is 9.99 Å². The maximum Gasteiger partial charge on any atom is 0.391 e. The number of aromatic nitrogens is 2. The molecule has 1 aliphatic rings. The monoisotopic (exact) mass is 441 g/mol. The molecule has 162 valence electrons. The molecule has 2 aromatic rings. The van der Waals surface area contributed by atoms with Crippen LogP contribution in [0.1, 0.15) is 31.6 Å². The molecular weight excluding hydrogens is 419 g/mol. The zero-order chi connectivity index (χ0) is 22.2. The van der Waals surface area contributed by atoms with E-state index in [4.69, 9.17) is 0 Å². The number of nitrogens with zero attached hydrogens (tertiary/aromatic N) is 4. The van der Waals surface area contributed by atoms with E-state index in [9.17, 15) is 22.8 Å². The number of likely N-dealkylation sites (tertiary alicyclic amines) is 1. The zero-order valence-electron chi connectivity index (χ0n) is 16.8. The number of H-pyrrole nitrogens is 1. The fraction of sp³-hybridized carbons (Fsp3) is 0.474. The van der Waals surface area contributed by atoms with Gasteiger partial charge in [-0.3, -0.25) is 14.6 Å². The number of carbonyl (C=O) groups excluding carboxylic acids is 1. The van der Waals surface area contributed by atoms with E-state index in [1.165, 1.54) is 21.2 Å². The summed E-state index contributed by atoms with van der Waals surface area (Å²) in [7, 11) is 0. The van der Waals surface area contributed by atoms with Gasteiger partial charge in [-0.15, -0.1) is 11.3 Å². The molecule has 1 saturated heterocycles. The SMILES string of the molecule is C=NN(/C(C)=C(\C)C(=O)N1CCC(C(F)(F)F)CC1)c1nc2sc(C)cc2c(=O)[nH]1. The Morgan fingerprint density at radius 3 is 2.57 bits per heavy atom. The van der Waals surface area contributed by atoms with E-state index in [0.29, 0.717) is 15.9 Å². The molecule has 0 bridgehead atoms. The summed E-state index contributed by atoms with van der Waals surface area (Å²) in [6, 6.07) is 1.74. The molecule has 11 heteroatoms. The van der Waals surface area contributed by atoms with Gasteiger partial charge in [0.25, 0.3) is 11.5 Å². The van der Waals surface area contributed by atoms with Crippen molar-refractivity contribution in [3.63, 3.8) is 0 Å². The molecule has 0 atom stereocenters. The van der Waals surface area contributed by atoms with Crippen LogP contribution >= 0.6 is 11.3 Å². The number of hydrogen-bond acceptors (Lipinski definition) is 6. The van der Waals surface area contributed by atoms with Crippen molar-refractivity contribution in [3.05, 3.63) is 32.6 Å². The number of hydrazone groups is 1. The molecule has 0 radical (unpaired) electrons. The topological polar surface area (TPSA) is 81.7 Å². The van der Waals surface area contributed by atoms with Gasteiger partial charge < -0.3 is 4.90 Å². The van der Waals surface area contributed by atoms with Crippen LogP contribution in [0.4, 0.5) is 19.1 Å². The second kappa shape index (κ2) is 8.21. The quantitative estimate of drug-likeness (QED) is 0.444. The molecule has 0 unspecified atom stereocenters. The van der Waals surface area contributed by atoms with Gasteiger partial charge in [0.2, 0.25) is 5.95 Å². The predicted molar refractivity (Wildman–Crippen MR) is 111 cm³/mol. The van der Waals surface area contributed by atoms with Gasteiger partial charge in [-0.1, -0.05) is 0 Å². The van der Waals surface area contributed by atoms with Crippen LogP contribution in [0.15, 0.2) is 27.2 Å². The van der Waals surface area contributed by atoms with Crippen LogP contribution in [0.3, 0.4) is 0 Å². The summed E-state index contributed by atoms with van der Waals surface area (Å²) < 4.78 is 38.6. The fourth-order valence-electron chi connectivity index (χ4n) is 3.43. The molecular formula is C19H22F3N5O2S. The highest BCUT2D eigenvalue weighted by Crippen LogP contribution is 2.34. The predicted octanol–water partition coefficient (Wildman–Crippen LogP) is 3.81. The number of anilines is 1. The second-order valence-corrected chi connectivity index (χ2v) is 8.47. The Bertz CT molecular complexity index is 1060. The maximum absolute atomic E-state index is 12.9. The first-order valence-corrected chi connectivity index (χ1v) is 10.1. The van der Waals surface area contributed by atoms with Crippen molar-refractivity contribution in [2.45, 2.75) is 39.8 Å². The summed E-state index contributed by atoms with van der Waals surface area (Å²) in [6.07, 6.45) is -4.47. The number of piperidine rings is 1. The molecule has 1 N–H and O–H groups in total. The number of thiophene rings is 1. The summed E-state index contributed by atoms with van der Waals surface area (Å²) in [5.41, 5.74) is 0.334. The van der Waals surface area contributed by atoms with Gasteiger partial charge in [-0.2, -0.15) is 18.3 Å². The van der Waals surface area contributed by atoms with E-state index in [1.807, 2.05) is 6.92 Å². The van der Waals surface area contributed by atoms with E-state index < -0.39 is 12.1 Å². The van der Waals surface area contributed by atoms with Gasteiger partial charge in [0, 0.05) is 30.3 Å². The number of amides is 1. The number of allylic oxidation sites excluding steroid dienone is 1. The molecule has 1 aliphatic heterocycles. The molecule has 30 heavy (non-hydrogen) atoms. The lowest BCUT2D eigenvalue weighted by Crippen LogP contribution is -2.42. The summed E-state index contributed by atoms with van der Waals surface area (Å²) in [5, 5.41) is 5.60. The number of halogens is 3. The molecule has 7 nitrogen and oxygen atoms in total. The molecule has 3 rings (SSSR count). The molecule has 0 spiro atoms. The number of carbonyl (C=O) groups is 1. The van der Waals surface area contributed by atoms with Gasteiger partial charge in [-0.05, 0) is 39.7 Å². The van der Waals surface area contributed by atoms with Crippen molar-refractivity contribution in [2.75, 3.05) is 18.1 Å². The normalized spacial score (nSPS) is 16.5. The van der Waals surface area contributed by atoms with Gasteiger partial charge in [0.05, 0.1) is 17.0 Å². The number of aromatic amines is 1. The molecule has 3 heterocycles. The number of fused-ring (bicyclic) bond motifs is 1. The van der Waals surface area contributed by atoms with Crippen molar-refractivity contribution in [1.29, 1.82) is 0 Å². The maximum atomic E-state index is 12.9. The minimum atomic E-state index is -4.24. The third kappa shape index (κ3) is 4.25. The highest BCUT2D eigenvalue weighted by Gasteiger charge is 2.41. The minimum absolute atomic E-state index is 0.0324. The van der Waals surface area contributed by atoms with Crippen LogP contribution in [0.5, 0.6) is 0 Å². The van der Waals surface area contributed by atoms with E-state index in [0.717, 1.165) is 4.88 Å². The molecule has 0 saturated carbocycles. The van der Waals surface area contributed by atoms with E-state index in [-0.39, 0.29) is 48.9 Å². The fourth-order valence-corrected chi connectivity index (χ4v) is 4.31. The Hall–Kier alpha value is -2.69. The van der Waals surface area contributed by atoms with Crippen LogP contribution in [0, 0.1) is 12.8 Å². The lowest BCUT2D eigenvalue weighted by molar-refractivity contribution is -0.186. The lowest BCUT2D eigenvalue weighted by Gasteiger charge is -2.33. The zero-order valence-corrected chi connectivity index (χ0v) is 17.7. The van der Waals surface area contributed by atoms with Crippen molar-refractivity contribution in [1.82, 2.24) is 14.9 Å². The summed E-state index contributed by atoms with van der Waals surface area (Å²) in [5.74, 6) is -1.64. The molecule has 1 amide bonds. The van der Waals surface area contributed by atoms with Crippen LogP contribution in [-0.4, -0.2) is 46.8 Å². The number of rotatable bonds is 4. The summed E-state index contributed by atoms with van der Waals surface area (Å²) >= 11 is 1.36. The lowest BCUT2D eigenvalue weighted by atomic mass is 9.96. The molecule has 1 fully saturated rings. The van der Waals surface area contributed by atoms with Crippen molar-refractivity contribution < 1.29 is 18.0 Å². The van der Waals surface area contributed by atoms with Crippen LogP contribution in [0.25, 0.3) is 10.2 Å². The number of nitrogens with one attached hydrogen (secondary N) is 1. The Morgan fingerprint density at radius 1 is 1.37 bits per heavy atom. The Kier molecular flexibility index (Phi) is 6.02. The van der Waals surface area contributed by atoms with Crippen LogP contribution in [-0.2, 0) is 4.79 Å². The standard InChI is InChI=1S/C19H22F3N5O2S/c1-10-9-14-15(28)24-18(25-16(14)30-10)27(23-4)12(3)11(2)17(29)26-7-5-13(6-8-26)19(20,21)22/h9,13H,4-8H2,1-3H3,(H,24,25,28)/b12-11+. The largest absolute Gasteiger partial charge is 0.391 e. The highest BCUT2D eigenvalue weighted by atomic mass is 32.1. The number of hydrogen-bond donors (Lipinski definition) is 1. The Balaban J connectivity index is 1.85. The average molecular weight is 441 g/mol. The molecule has 0 aromatic carbocycles. The first kappa shape index (κ1) is 22.0.